The summed E-state index contributed by atoms with van der Waals surface area (Å²) in [5.74, 6) is -1.62. The Kier molecular flexibility index (Phi) is 4.83. The molecule has 0 aromatic heterocycles. The van der Waals surface area contributed by atoms with Crippen molar-refractivity contribution in [3.8, 4) is 0 Å². The molecule has 170 valence electrons. The zero-order valence-corrected chi connectivity index (χ0v) is 18.4. The highest BCUT2D eigenvalue weighted by Gasteiger charge is 2.77. The topological polar surface area (TPSA) is 60.8 Å². The van der Waals surface area contributed by atoms with Gasteiger partial charge in [-0.05, 0) is 71.5 Å². The SMILES string of the molecule is CC(C)[C@@]1(c2ccc(F)cc2)C[C@]12c1cc(F)ccc1N(Cc1cccc(C(=O)O)c1)C2O. The summed E-state index contributed by atoms with van der Waals surface area (Å²) in [4.78, 5) is 13.2. The summed E-state index contributed by atoms with van der Waals surface area (Å²) in [6.07, 6.45) is -0.345. The van der Waals surface area contributed by atoms with E-state index >= 15 is 0 Å². The van der Waals surface area contributed by atoms with Crippen LogP contribution in [0.1, 0.15) is 47.3 Å². The number of anilines is 1. The quantitative estimate of drug-likeness (QED) is 0.560. The number of aliphatic hydroxyl groups is 1. The molecule has 3 aromatic carbocycles. The maximum atomic E-state index is 14.4. The lowest BCUT2D eigenvalue weighted by atomic mass is 9.75. The van der Waals surface area contributed by atoms with E-state index < -0.39 is 23.0 Å². The van der Waals surface area contributed by atoms with Crippen LogP contribution >= 0.6 is 0 Å². The number of nitrogens with zero attached hydrogens (tertiary/aromatic N) is 1. The maximum Gasteiger partial charge on any atom is 0.335 e. The second-order valence-electron chi connectivity index (χ2n) is 9.45. The Morgan fingerprint density at radius 3 is 2.42 bits per heavy atom. The molecule has 3 atom stereocenters. The molecule has 4 nitrogen and oxygen atoms in total. The number of hydrogen-bond acceptors (Lipinski definition) is 3. The molecule has 0 bridgehead atoms. The van der Waals surface area contributed by atoms with Gasteiger partial charge in [-0.3, -0.25) is 0 Å². The molecule has 0 radical (unpaired) electrons. The zero-order valence-electron chi connectivity index (χ0n) is 18.4. The first-order chi connectivity index (χ1) is 15.7. The van der Waals surface area contributed by atoms with E-state index in [0.29, 0.717) is 6.42 Å². The highest BCUT2D eigenvalue weighted by atomic mass is 19.1. The number of aliphatic hydroxyl groups excluding tert-OH is 1. The van der Waals surface area contributed by atoms with E-state index in [1.165, 1.54) is 30.3 Å². The molecule has 2 N–H and O–H groups in total. The van der Waals surface area contributed by atoms with Crippen LogP contribution in [0.25, 0.3) is 0 Å². The fourth-order valence-corrected chi connectivity index (χ4v) is 6.04. The number of benzene rings is 3. The van der Waals surface area contributed by atoms with Gasteiger partial charge in [-0.15, -0.1) is 0 Å². The number of carboxylic acid groups (broad SMARTS) is 1. The molecule has 1 unspecified atom stereocenters. The first-order valence-electron chi connectivity index (χ1n) is 11.0. The molecule has 1 fully saturated rings. The average Bonchev–Trinajstić information content (AvgIpc) is 3.45. The Morgan fingerprint density at radius 2 is 1.76 bits per heavy atom. The van der Waals surface area contributed by atoms with E-state index in [-0.39, 0.29) is 29.7 Å². The molecule has 3 aromatic rings. The first-order valence-corrected chi connectivity index (χ1v) is 11.0. The van der Waals surface area contributed by atoms with Gasteiger partial charge in [-0.25, -0.2) is 13.6 Å². The Morgan fingerprint density at radius 1 is 1.06 bits per heavy atom. The van der Waals surface area contributed by atoms with Crippen LogP contribution in [0.4, 0.5) is 14.5 Å². The molecular formula is C27H25F2NO3. The number of hydrogen-bond donors (Lipinski definition) is 2. The van der Waals surface area contributed by atoms with Crippen molar-refractivity contribution in [2.75, 3.05) is 4.90 Å². The largest absolute Gasteiger partial charge is 0.478 e. The molecular weight excluding hydrogens is 424 g/mol. The summed E-state index contributed by atoms with van der Waals surface area (Å²) in [6, 6.07) is 17.5. The molecule has 5 rings (SSSR count). The Hall–Kier alpha value is -3.25. The summed E-state index contributed by atoms with van der Waals surface area (Å²) in [7, 11) is 0. The van der Waals surface area contributed by atoms with E-state index in [2.05, 4.69) is 13.8 Å². The normalized spacial score (nSPS) is 25.5. The minimum atomic E-state index is -1.02. The molecule has 1 heterocycles. The number of rotatable bonds is 5. The van der Waals surface area contributed by atoms with Gasteiger partial charge in [0, 0.05) is 17.6 Å². The number of carboxylic acids is 1. The Bertz CT molecular complexity index is 1240. The molecule has 1 saturated carbocycles. The number of aromatic carboxylic acids is 1. The van der Waals surface area contributed by atoms with Crippen LogP contribution in [0.5, 0.6) is 0 Å². The third-order valence-electron chi connectivity index (χ3n) is 7.59. The van der Waals surface area contributed by atoms with Gasteiger partial charge in [0.1, 0.15) is 17.9 Å². The molecule has 0 amide bonds. The van der Waals surface area contributed by atoms with Crippen LogP contribution in [0.3, 0.4) is 0 Å². The van der Waals surface area contributed by atoms with Crippen LogP contribution in [0.2, 0.25) is 0 Å². The van der Waals surface area contributed by atoms with Gasteiger partial charge >= 0.3 is 5.97 Å². The van der Waals surface area contributed by atoms with Crippen LogP contribution in [0, 0.1) is 17.6 Å². The first kappa shape index (κ1) is 21.6. The van der Waals surface area contributed by atoms with Crippen molar-refractivity contribution < 1.29 is 23.8 Å². The summed E-state index contributed by atoms with van der Waals surface area (Å²) in [6.45, 7) is 4.42. The van der Waals surface area contributed by atoms with Gasteiger partial charge in [0.2, 0.25) is 0 Å². The summed E-state index contributed by atoms with van der Waals surface area (Å²) >= 11 is 0. The van der Waals surface area contributed by atoms with Crippen molar-refractivity contribution in [1.29, 1.82) is 0 Å². The molecule has 0 saturated heterocycles. The zero-order chi connectivity index (χ0) is 23.5. The van der Waals surface area contributed by atoms with Gasteiger partial charge in [0.05, 0.1) is 11.0 Å². The lowest BCUT2D eigenvalue weighted by Gasteiger charge is -2.32. The van der Waals surface area contributed by atoms with E-state index in [9.17, 15) is 23.8 Å². The van der Waals surface area contributed by atoms with E-state index in [1.54, 1.807) is 30.3 Å². The van der Waals surface area contributed by atoms with Crippen LogP contribution < -0.4 is 4.90 Å². The smallest absolute Gasteiger partial charge is 0.335 e. The van der Waals surface area contributed by atoms with E-state index in [0.717, 1.165) is 22.4 Å². The standard InChI is InChI=1S/C27H25F2NO3/c1-16(2)26(19-6-8-20(28)9-7-19)15-27(26)22-13-21(29)10-11-23(22)30(25(27)33)14-17-4-3-5-18(12-17)24(31)32/h3-13,16,25,33H,14-15H2,1-2H3,(H,31,32)/t25?,26-,27-/m1/s1. The van der Waals surface area contributed by atoms with E-state index in [1.807, 2.05) is 11.0 Å². The predicted molar refractivity (Wildman–Crippen MR) is 121 cm³/mol. The van der Waals surface area contributed by atoms with Gasteiger partial charge in [0.25, 0.3) is 0 Å². The molecule has 1 aliphatic carbocycles. The molecule has 1 aliphatic heterocycles. The summed E-state index contributed by atoms with van der Waals surface area (Å²) < 4.78 is 28.1. The van der Waals surface area contributed by atoms with Crippen molar-refractivity contribution in [1.82, 2.24) is 0 Å². The average molecular weight is 449 g/mol. The summed E-state index contributed by atoms with van der Waals surface area (Å²) in [5, 5.41) is 21.1. The van der Waals surface area contributed by atoms with Crippen molar-refractivity contribution in [3.05, 3.63) is 101 Å². The monoisotopic (exact) mass is 449 g/mol. The third kappa shape index (κ3) is 3.00. The minimum Gasteiger partial charge on any atom is -0.478 e. The Balaban J connectivity index is 1.62. The van der Waals surface area contributed by atoms with Crippen molar-refractivity contribution in [2.24, 2.45) is 5.92 Å². The van der Waals surface area contributed by atoms with Gasteiger partial charge < -0.3 is 15.1 Å². The van der Waals surface area contributed by atoms with Gasteiger partial charge in [-0.2, -0.15) is 0 Å². The van der Waals surface area contributed by atoms with Gasteiger partial charge in [-0.1, -0.05) is 38.1 Å². The molecule has 33 heavy (non-hydrogen) atoms. The van der Waals surface area contributed by atoms with Crippen LogP contribution in [0.15, 0.2) is 66.7 Å². The van der Waals surface area contributed by atoms with Crippen molar-refractivity contribution in [2.45, 2.75) is 43.9 Å². The number of carbonyl (C=O) groups is 1. The highest BCUT2D eigenvalue weighted by molar-refractivity contribution is 5.87. The minimum absolute atomic E-state index is 0.101. The second-order valence-corrected chi connectivity index (χ2v) is 9.45. The van der Waals surface area contributed by atoms with Crippen molar-refractivity contribution >= 4 is 11.7 Å². The maximum absolute atomic E-state index is 14.4. The highest BCUT2D eigenvalue weighted by Crippen LogP contribution is 2.74. The Labute approximate surface area is 191 Å². The summed E-state index contributed by atoms with van der Waals surface area (Å²) in [5.41, 5.74) is 2.06. The molecule has 2 aliphatic rings. The predicted octanol–water partition coefficient (Wildman–Crippen LogP) is 5.24. The molecule has 6 heteroatoms. The third-order valence-corrected chi connectivity index (χ3v) is 7.59. The lowest BCUT2D eigenvalue weighted by Crippen LogP contribution is -2.42. The second kappa shape index (κ2) is 7.39. The fraction of sp³-hybridized carbons (Fsp3) is 0.296. The van der Waals surface area contributed by atoms with Crippen LogP contribution in [-0.2, 0) is 17.4 Å². The lowest BCUT2D eigenvalue weighted by molar-refractivity contribution is 0.0696. The van der Waals surface area contributed by atoms with Gasteiger partial charge in [0.15, 0.2) is 0 Å². The fourth-order valence-electron chi connectivity index (χ4n) is 6.04. The van der Waals surface area contributed by atoms with Crippen molar-refractivity contribution in [3.63, 3.8) is 0 Å². The van der Waals surface area contributed by atoms with E-state index in [4.69, 9.17) is 0 Å². The van der Waals surface area contributed by atoms with Crippen LogP contribution in [-0.4, -0.2) is 22.4 Å². The molecule has 1 spiro atoms. The number of halogens is 2. The number of fused-ring (bicyclic) bond motifs is 2.